The number of benzene rings is 2. The van der Waals surface area contributed by atoms with Crippen molar-refractivity contribution in [1.29, 1.82) is 0 Å². The molecule has 2 aromatic carbocycles. The minimum absolute atomic E-state index is 0.0862. The Kier molecular flexibility index (Phi) is 4.55. The Morgan fingerprint density at radius 3 is 2.55 bits per heavy atom. The Balaban J connectivity index is 2.11. The summed E-state index contributed by atoms with van der Waals surface area (Å²) in [4.78, 5) is 12.9. The van der Waals surface area contributed by atoms with E-state index in [1.54, 1.807) is 0 Å². The van der Waals surface area contributed by atoms with Crippen molar-refractivity contribution >= 4 is 17.5 Å². The number of ketones is 1. The first kappa shape index (κ1) is 14.7. The van der Waals surface area contributed by atoms with Crippen LogP contribution >= 0.6 is 11.8 Å². The fourth-order valence-corrected chi connectivity index (χ4v) is 2.69. The lowest BCUT2D eigenvalue weighted by Crippen LogP contribution is -2.07. The van der Waals surface area contributed by atoms with Crippen molar-refractivity contribution < 1.29 is 13.6 Å². The Morgan fingerprint density at radius 1 is 1.10 bits per heavy atom. The first-order valence-electron chi connectivity index (χ1n) is 6.16. The third-order valence-corrected chi connectivity index (χ3v) is 3.93. The van der Waals surface area contributed by atoms with Crippen LogP contribution in [0.3, 0.4) is 0 Å². The molecule has 0 saturated carbocycles. The van der Waals surface area contributed by atoms with Crippen molar-refractivity contribution in [1.82, 2.24) is 0 Å². The lowest BCUT2D eigenvalue weighted by molar-refractivity contribution is 0.101. The van der Waals surface area contributed by atoms with Crippen LogP contribution in [0.4, 0.5) is 8.78 Å². The quantitative estimate of drug-likeness (QED) is 0.607. The summed E-state index contributed by atoms with van der Waals surface area (Å²) in [5.74, 6) is -2.33. The second-order valence-electron chi connectivity index (χ2n) is 4.59. The van der Waals surface area contributed by atoms with Gasteiger partial charge in [0.15, 0.2) is 17.4 Å². The standard InChI is InChI=1S/C16H14F2OS/c1-10-4-3-5-12(8-10)20-9-14(19)13-7-6-11(2)15(17)16(13)18/h3-8H,9H2,1-2H3. The number of hydrogen-bond donors (Lipinski definition) is 0. The van der Waals surface area contributed by atoms with Gasteiger partial charge in [-0.05, 0) is 37.6 Å². The highest BCUT2D eigenvalue weighted by Gasteiger charge is 2.17. The summed E-state index contributed by atoms with van der Waals surface area (Å²) >= 11 is 1.32. The van der Waals surface area contributed by atoms with E-state index in [9.17, 15) is 13.6 Å². The van der Waals surface area contributed by atoms with Crippen LogP contribution in [0.25, 0.3) is 0 Å². The molecule has 0 spiro atoms. The van der Waals surface area contributed by atoms with Gasteiger partial charge in [0.2, 0.25) is 0 Å². The number of rotatable bonds is 4. The lowest BCUT2D eigenvalue weighted by Gasteiger charge is -2.06. The van der Waals surface area contributed by atoms with Gasteiger partial charge in [0, 0.05) is 4.90 Å². The van der Waals surface area contributed by atoms with Gasteiger partial charge >= 0.3 is 0 Å². The van der Waals surface area contributed by atoms with Gasteiger partial charge in [-0.15, -0.1) is 11.8 Å². The normalized spacial score (nSPS) is 10.6. The summed E-state index contributed by atoms with van der Waals surface area (Å²) in [5, 5.41) is 0. The summed E-state index contributed by atoms with van der Waals surface area (Å²) in [6, 6.07) is 10.5. The van der Waals surface area contributed by atoms with E-state index >= 15 is 0 Å². The Labute approximate surface area is 121 Å². The number of Topliss-reactive ketones (excluding diaryl/α,β-unsaturated/α-hetero) is 1. The fraction of sp³-hybridized carbons (Fsp3) is 0.188. The molecule has 2 rings (SSSR count). The molecule has 0 fully saturated rings. The smallest absolute Gasteiger partial charge is 0.176 e. The molecule has 0 radical (unpaired) electrons. The third kappa shape index (κ3) is 3.25. The second-order valence-corrected chi connectivity index (χ2v) is 5.64. The van der Waals surface area contributed by atoms with Gasteiger partial charge in [-0.25, -0.2) is 8.78 Å². The van der Waals surface area contributed by atoms with Crippen molar-refractivity contribution in [2.24, 2.45) is 0 Å². The Morgan fingerprint density at radius 2 is 1.85 bits per heavy atom. The molecule has 0 aliphatic heterocycles. The van der Waals surface area contributed by atoms with Crippen LogP contribution in [0.1, 0.15) is 21.5 Å². The van der Waals surface area contributed by atoms with E-state index in [4.69, 9.17) is 0 Å². The lowest BCUT2D eigenvalue weighted by atomic mass is 10.1. The topological polar surface area (TPSA) is 17.1 Å². The third-order valence-electron chi connectivity index (χ3n) is 2.94. The molecule has 1 nitrogen and oxygen atoms in total. The molecule has 104 valence electrons. The maximum Gasteiger partial charge on any atom is 0.176 e. The van der Waals surface area contributed by atoms with Crippen LogP contribution in [0.5, 0.6) is 0 Å². The number of aryl methyl sites for hydroxylation is 2. The maximum atomic E-state index is 13.7. The molecule has 0 N–H and O–H groups in total. The van der Waals surface area contributed by atoms with E-state index in [1.807, 2.05) is 31.2 Å². The van der Waals surface area contributed by atoms with E-state index in [0.717, 1.165) is 10.5 Å². The van der Waals surface area contributed by atoms with Crippen LogP contribution in [-0.4, -0.2) is 11.5 Å². The highest BCUT2D eigenvalue weighted by Crippen LogP contribution is 2.22. The van der Waals surface area contributed by atoms with Crippen LogP contribution in [0.15, 0.2) is 41.3 Å². The van der Waals surface area contributed by atoms with E-state index in [1.165, 1.54) is 30.8 Å². The van der Waals surface area contributed by atoms with Crippen molar-refractivity contribution in [2.75, 3.05) is 5.75 Å². The maximum absolute atomic E-state index is 13.7. The van der Waals surface area contributed by atoms with Gasteiger partial charge in [-0.3, -0.25) is 4.79 Å². The minimum Gasteiger partial charge on any atom is -0.293 e. The predicted molar refractivity (Wildman–Crippen MR) is 77.3 cm³/mol. The average molecular weight is 292 g/mol. The number of thioether (sulfide) groups is 1. The van der Waals surface area contributed by atoms with E-state index in [2.05, 4.69) is 0 Å². The Bertz CT molecular complexity index is 653. The number of hydrogen-bond acceptors (Lipinski definition) is 2. The molecule has 0 amide bonds. The SMILES string of the molecule is Cc1cccc(SCC(=O)c2ccc(C)c(F)c2F)c1. The molecule has 0 saturated heterocycles. The fourth-order valence-electron chi connectivity index (χ4n) is 1.79. The van der Waals surface area contributed by atoms with Crippen LogP contribution in [0.2, 0.25) is 0 Å². The first-order chi connectivity index (χ1) is 9.49. The van der Waals surface area contributed by atoms with Crippen LogP contribution < -0.4 is 0 Å². The number of carbonyl (C=O) groups is 1. The molecule has 0 heterocycles. The van der Waals surface area contributed by atoms with Gasteiger partial charge < -0.3 is 0 Å². The minimum atomic E-state index is -1.06. The van der Waals surface area contributed by atoms with Gasteiger partial charge in [-0.1, -0.05) is 23.8 Å². The van der Waals surface area contributed by atoms with Gasteiger partial charge in [0.25, 0.3) is 0 Å². The van der Waals surface area contributed by atoms with Crippen molar-refractivity contribution in [2.45, 2.75) is 18.7 Å². The molecule has 0 aromatic heterocycles. The zero-order valence-corrected chi connectivity index (χ0v) is 12.1. The monoisotopic (exact) mass is 292 g/mol. The van der Waals surface area contributed by atoms with Crippen molar-refractivity contribution in [3.05, 3.63) is 64.7 Å². The summed E-state index contributed by atoms with van der Waals surface area (Å²) in [6.07, 6.45) is 0. The summed E-state index contributed by atoms with van der Waals surface area (Å²) in [6.45, 7) is 3.43. The number of halogens is 2. The molecule has 0 bridgehead atoms. The average Bonchev–Trinajstić information content (AvgIpc) is 2.42. The molecule has 2 aromatic rings. The molecular formula is C16H14F2OS. The van der Waals surface area contributed by atoms with Crippen molar-refractivity contribution in [3.63, 3.8) is 0 Å². The summed E-state index contributed by atoms with van der Waals surface area (Å²) in [7, 11) is 0. The first-order valence-corrected chi connectivity index (χ1v) is 7.15. The molecule has 0 aliphatic carbocycles. The van der Waals surface area contributed by atoms with Gasteiger partial charge in [0.05, 0.1) is 11.3 Å². The van der Waals surface area contributed by atoms with E-state index < -0.39 is 17.4 Å². The Hall–Kier alpha value is -1.68. The zero-order valence-electron chi connectivity index (χ0n) is 11.2. The van der Waals surface area contributed by atoms with E-state index in [0.29, 0.717) is 0 Å². The molecule has 0 aliphatic rings. The van der Waals surface area contributed by atoms with Crippen LogP contribution in [0, 0.1) is 25.5 Å². The van der Waals surface area contributed by atoms with Crippen LogP contribution in [-0.2, 0) is 0 Å². The largest absolute Gasteiger partial charge is 0.293 e. The number of carbonyl (C=O) groups excluding carboxylic acids is 1. The zero-order chi connectivity index (χ0) is 14.7. The van der Waals surface area contributed by atoms with E-state index in [-0.39, 0.29) is 16.9 Å². The predicted octanol–water partition coefficient (Wildman–Crippen LogP) is 4.56. The highest BCUT2D eigenvalue weighted by atomic mass is 32.2. The molecular weight excluding hydrogens is 278 g/mol. The second kappa shape index (κ2) is 6.18. The molecule has 0 atom stereocenters. The molecule has 0 unspecified atom stereocenters. The van der Waals surface area contributed by atoms with Gasteiger partial charge in [-0.2, -0.15) is 0 Å². The highest BCUT2D eigenvalue weighted by molar-refractivity contribution is 8.00. The van der Waals surface area contributed by atoms with Crippen molar-refractivity contribution in [3.8, 4) is 0 Å². The van der Waals surface area contributed by atoms with Gasteiger partial charge in [0.1, 0.15) is 0 Å². The molecule has 4 heteroatoms. The molecule has 20 heavy (non-hydrogen) atoms. The summed E-state index contributed by atoms with van der Waals surface area (Å²) < 4.78 is 27.1. The summed E-state index contributed by atoms with van der Waals surface area (Å²) in [5.41, 5.74) is 1.11.